The second kappa shape index (κ2) is 23.9. The Bertz CT molecular complexity index is 4020. The van der Waals surface area contributed by atoms with E-state index in [-0.39, 0.29) is 86.4 Å². The minimum Gasteiger partial charge on any atom is -0.456 e. The first-order valence-electron chi connectivity index (χ1n) is 26.6. The van der Waals surface area contributed by atoms with Crippen LogP contribution in [0.5, 0.6) is 11.5 Å². The van der Waals surface area contributed by atoms with Crippen LogP contribution in [0, 0.1) is 11.8 Å². The van der Waals surface area contributed by atoms with Crippen LogP contribution in [0.25, 0.3) is 27.8 Å². The number of hydrogen-bond acceptors (Lipinski definition) is 14. The van der Waals surface area contributed by atoms with Crippen molar-refractivity contribution in [2.45, 2.75) is 104 Å². The number of fused-ring (bicyclic) bond motifs is 5. The molecule has 4 aliphatic heterocycles. The van der Waals surface area contributed by atoms with E-state index in [1.54, 1.807) is 17.8 Å². The Morgan fingerprint density at radius 3 is 2.30 bits per heavy atom. The Labute approximate surface area is 504 Å². The highest BCUT2D eigenvalue weighted by Crippen LogP contribution is 2.66. The first-order valence-corrected chi connectivity index (χ1v) is 32.6. The molecule has 4 atom stereocenters. The molecule has 0 aliphatic carbocycles. The summed E-state index contributed by atoms with van der Waals surface area (Å²) < 4.78 is 64.3. The summed E-state index contributed by atoms with van der Waals surface area (Å²) in [5.74, 6) is 6.24. The van der Waals surface area contributed by atoms with Gasteiger partial charge in [-0.3, -0.25) is 14.1 Å². The minimum absolute atomic E-state index is 0.00690. The molecule has 9 rings (SSSR count). The molecule has 2 aromatic heterocycles. The minimum atomic E-state index is -5.71. The number of nitrogens with zero attached hydrogens (tertiary/aromatic N) is 6. The van der Waals surface area contributed by atoms with Gasteiger partial charge in [-0.25, -0.2) is 28.2 Å². The predicted octanol–water partition coefficient (Wildman–Crippen LogP) is 9.75. The van der Waals surface area contributed by atoms with Crippen molar-refractivity contribution >= 4 is 121 Å². The number of hydrogen-bond donors (Lipinski definition) is 6. The quantitative estimate of drug-likeness (QED) is 0.0163. The molecule has 4 aliphatic rings. The number of phosphoric acid groups is 3. The Morgan fingerprint density at radius 1 is 0.905 bits per heavy atom. The molecule has 84 heavy (non-hydrogen) atoms. The van der Waals surface area contributed by atoms with E-state index in [1.165, 1.54) is 11.2 Å². The predicted molar refractivity (Wildman–Crippen MR) is 322 cm³/mol. The van der Waals surface area contributed by atoms with Crippen molar-refractivity contribution in [3.8, 4) is 23.3 Å². The maximum atomic E-state index is 15.1. The molecule has 7 N–H and O–H groups in total. The summed E-state index contributed by atoms with van der Waals surface area (Å²) >= 11 is 28.4. The maximum absolute atomic E-state index is 15.1. The number of carbonyl (C=O) groups is 2. The molecule has 22 nitrogen and oxygen atoms in total. The fourth-order valence-electron chi connectivity index (χ4n) is 11.6. The Kier molecular flexibility index (Phi) is 18.0. The van der Waals surface area contributed by atoms with Gasteiger partial charge in [0.2, 0.25) is 11.3 Å². The zero-order valence-electron chi connectivity index (χ0n) is 47.1. The molecule has 1 fully saturated rings. The van der Waals surface area contributed by atoms with Crippen molar-refractivity contribution < 1.29 is 65.5 Å². The number of amides is 2. The van der Waals surface area contributed by atoms with E-state index < -0.39 is 48.3 Å². The average Bonchev–Trinajstić information content (AvgIpc) is 0.961. The number of aromatic nitrogens is 3. The number of anilines is 2. The molecule has 0 bridgehead atoms. The molecule has 1 saturated heterocycles. The van der Waals surface area contributed by atoms with E-state index in [9.17, 15) is 28.3 Å². The van der Waals surface area contributed by atoms with Crippen LogP contribution in [0.15, 0.2) is 48.9 Å². The van der Waals surface area contributed by atoms with Crippen molar-refractivity contribution in [3.05, 3.63) is 113 Å². The van der Waals surface area contributed by atoms with Gasteiger partial charge in [-0.1, -0.05) is 64.3 Å². The Morgan fingerprint density at radius 2 is 1.61 bits per heavy atom. The van der Waals surface area contributed by atoms with Crippen LogP contribution in [-0.4, -0.2) is 108 Å². The number of nitrogens with one attached hydrogen (secondary N) is 1. The van der Waals surface area contributed by atoms with E-state index in [0.717, 1.165) is 46.4 Å². The third kappa shape index (κ3) is 12.7. The lowest BCUT2D eigenvalue weighted by Crippen LogP contribution is -2.49. The smallest absolute Gasteiger partial charge is 0.456 e. The van der Waals surface area contributed by atoms with Crippen LogP contribution < -0.4 is 35.8 Å². The molecule has 2 amide bonds. The largest absolute Gasteiger partial charge is 0.490 e. The normalized spacial score (nSPS) is 19.1. The zero-order chi connectivity index (χ0) is 61.3. The van der Waals surface area contributed by atoms with Gasteiger partial charge in [-0.15, -0.1) is 0 Å². The summed E-state index contributed by atoms with van der Waals surface area (Å²) in [6, 6.07) is 8.26. The molecule has 0 radical (unpaired) electrons. The number of allylic oxidation sites excluding steroid dienone is 2. The van der Waals surface area contributed by atoms with Crippen LogP contribution >= 0.6 is 69.9 Å². The number of carbonyl (C=O) groups excluding carboxylic acids is 2. The first-order chi connectivity index (χ1) is 39.3. The van der Waals surface area contributed by atoms with Crippen molar-refractivity contribution in [1.82, 2.24) is 29.3 Å². The van der Waals surface area contributed by atoms with E-state index in [0.29, 0.717) is 50.9 Å². The number of likely N-dealkylation sites (N-methyl/N-ethyl adjacent to an activating group) is 2. The lowest BCUT2D eigenvalue weighted by Gasteiger charge is -2.43. The van der Waals surface area contributed by atoms with Crippen LogP contribution in [0.2, 0.25) is 20.1 Å². The van der Waals surface area contributed by atoms with Gasteiger partial charge in [-0.2, -0.15) is 8.62 Å². The monoisotopic (exact) mass is 1290 g/mol. The fraction of sp³-hybridized carbons (Fsp3) is 0.400. The molecule has 3 aromatic carbocycles. The molecule has 448 valence electrons. The summed E-state index contributed by atoms with van der Waals surface area (Å²) in [5, 5.41) is 4.63. The number of halogens is 4. The van der Waals surface area contributed by atoms with Gasteiger partial charge in [0, 0.05) is 91.4 Å². The second-order valence-electron chi connectivity index (χ2n) is 21.7. The first kappa shape index (κ1) is 63.4. The van der Waals surface area contributed by atoms with Gasteiger partial charge in [0.05, 0.1) is 67.5 Å². The van der Waals surface area contributed by atoms with E-state index in [1.807, 2.05) is 0 Å². The average molecular weight is 1290 g/mol. The maximum Gasteiger partial charge on any atom is 0.490 e. The van der Waals surface area contributed by atoms with Crippen LogP contribution in [0.4, 0.5) is 11.5 Å². The zero-order valence-corrected chi connectivity index (χ0v) is 52.8. The molecular weight excluding hydrogens is 1230 g/mol. The number of phosphoric ester groups is 1. The third-order valence-corrected chi connectivity index (χ3v) is 20.6. The molecule has 0 saturated carbocycles. The molecule has 0 spiro atoms. The van der Waals surface area contributed by atoms with Crippen molar-refractivity contribution in [2.75, 3.05) is 50.5 Å². The molecule has 29 heteroatoms. The number of nitrogens with two attached hydrogens (primary N) is 1. The van der Waals surface area contributed by atoms with Crippen molar-refractivity contribution in [1.29, 1.82) is 0 Å². The van der Waals surface area contributed by atoms with Crippen LogP contribution in [-0.2, 0) is 36.4 Å². The van der Waals surface area contributed by atoms with Gasteiger partial charge in [0.25, 0.3) is 5.91 Å². The Balaban J connectivity index is 0.941. The van der Waals surface area contributed by atoms with E-state index in [4.69, 9.17) is 75.9 Å². The lowest BCUT2D eigenvalue weighted by atomic mass is 9.83. The van der Waals surface area contributed by atoms with E-state index >= 15 is 4.79 Å². The van der Waals surface area contributed by atoms with Gasteiger partial charge in [0.1, 0.15) is 42.1 Å². The molecule has 2 unspecified atom stereocenters. The highest BCUT2D eigenvalue weighted by Gasteiger charge is 2.43. The van der Waals surface area contributed by atoms with Crippen LogP contribution in [0.1, 0.15) is 125 Å². The number of rotatable bonds is 17. The highest BCUT2D eigenvalue weighted by molar-refractivity contribution is 7.66. The number of ether oxygens (including phenoxy) is 2. The standard InChI is InChI=1S/C55H61Cl4N8O14P3/c1-10-66-37-22-39-35(20-33(37)29(3)24-54(66,5)6)44(36-21-34-30(4)25-55(7,8)67(11-2)38(34)23-40(36)79-39)45-46(48(57)50(59)49(58)47(45)56)53(69)64(9)19-13-15-41(68)61-18-12-14-31-26-65(52-43(31)51(60)62-28-63-52)42-17-16-32(78-42)27-77-83(73,74)81-84(75,76)80-82(70,71)72/h20-26,28,32,42H,10-11,13,15-19,27H2,1-9H3,(H6-,60,61,62,63,68,70,71,72,73,74,75,76)/p+1/t32-,42+/m0/s1. The summed E-state index contributed by atoms with van der Waals surface area (Å²) in [6.07, 6.45) is 6.54. The van der Waals surface area contributed by atoms with Gasteiger partial charge >= 0.3 is 23.5 Å². The summed E-state index contributed by atoms with van der Waals surface area (Å²) in [5.41, 5.74) is 13.0. The summed E-state index contributed by atoms with van der Waals surface area (Å²) in [6.45, 7) is 17.9. The van der Waals surface area contributed by atoms with Gasteiger partial charge < -0.3 is 54.5 Å². The summed E-state index contributed by atoms with van der Waals surface area (Å²) in [4.78, 5) is 77.6. The number of nitrogen functional groups attached to an aromatic ring is 1. The third-order valence-electron chi connectivity index (χ3n) is 15.0. The second-order valence-corrected chi connectivity index (χ2v) is 27.6. The molecule has 6 heterocycles. The van der Waals surface area contributed by atoms with Gasteiger partial charge in [0.15, 0.2) is 5.54 Å². The number of benzene rings is 3. The van der Waals surface area contributed by atoms with Crippen molar-refractivity contribution in [3.63, 3.8) is 0 Å². The van der Waals surface area contributed by atoms with Crippen LogP contribution in [0.3, 0.4) is 0 Å². The fourth-order valence-corrected chi connectivity index (χ4v) is 15.7. The molecule has 5 aromatic rings. The SMILES string of the molecule is CCN1c2cc3c(cc2C(C)=CC1(C)C)C(c1c(Cl)c(Cl)c(Cl)c(Cl)c1C(=O)N(C)CCCC(=O)NCC#Cc1cn([C@H]2CC[C@@H](COP(=O)(O)OP(=O)(O)OP(=O)(O)O)O2)c2ncnc(N)c12)=c1cc2c(cc1O3)=[N+](CC)C(C)(C)C=C2C. The van der Waals surface area contributed by atoms with Crippen molar-refractivity contribution in [2.24, 2.45) is 0 Å². The van der Waals surface area contributed by atoms with E-state index in [2.05, 4.69) is 137 Å². The molecular formula is C55H62Cl4N8O14P3+. The lowest BCUT2D eigenvalue weighted by molar-refractivity contribution is -0.121. The van der Waals surface area contributed by atoms with Gasteiger partial charge in [-0.05, 0) is 90.2 Å². The highest BCUT2D eigenvalue weighted by atomic mass is 35.5. The topological polar surface area (TPSA) is 291 Å². The Hall–Kier alpha value is -5.14. The summed E-state index contributed by atoms with van der Waals surface area (Å²) in [7, 11) is -15.1.